The maximum atomic E-state index is 13.7. The lowest BCUT2D eigenvalue weighted by Gasteiger charge is -2.06. The van der Waals surface area contributed by atoms with Crippen LogP contribution in [-0.4, -0.2) is 16.7 Å². The highest BCUT2D eigenvalue weighted by atomic mass is 79.9. The van der Waals surface area contributed by atoms with Gasteiger partial charge in [0.2, 0.25) is 5.95 Å². The number of nitrogens with zero attached hydrogens (tertiary/aromatic N) is 2. The zero-order valence-electron chi connectivity index (χ0n) is 10.6. The van der Waals surface area contributed by atoms with Gasteiger partial charge in [-0.05, 0) is 28.1 Å². The Balaban J connectivity index is 2.11. The number of hydrogen-bond acceptors (Lipinski definition) is 4. The summed E-state index contributed by atoms with van der Waals surface area (Å²) in [6, 6.07) is 6.96. The van der Waals surface area contributed by atoms with Crippen LogP contribution in [0.25, 0.3) is 11.0 Å². The van der Waals surface area contributed by atoms with Gasteiger partial charge in [0.25, 0.3) is 0 Å². The Kier molecular flexibility index (Phi) is 3.39. The van der Waals surface area contributed by atoms with E-state index in [4.69, 9.17) is 10.5 Å². The number of thiophene rings is 1. The number of nitrogens with two attached hydrogens (primary N) is 1. The van der Waals surface area contributed by atoms with Crippen LogP contribution in [0.5, 0.6) is 5.75 Å². The minimum absolute atomic E-state index is 0.186. The van der Waals surface area contributed by atoms with Crippen LogP contribution in [0.15, 0.2) is 28.1 Å². The van der Waals surface area contributed by atoms with E-state index in [0.717, 1.165) is 14.2 Å². The first-order valence-electron chi connectivity index (χ1n) is 5.82. The van der Waals surface area contributed by atoms with Crippen LogP contribution in [0, 0.1) is 5.82 Å². The second kappa shape index (κ2) is 5.06. The van der Waals surface area contributed by atoms with Crippen molar-refractivity contribution in [2.75, 3.05) is 12.8 Å². The molecule has 0 aliphatic carbocycles. The third-order valence-electron chi connectivity index (χ3n) is 2.99. The Bertz CT molecular complexity index is 783. The summed E-state index contributed by atoms with van der Waals surface area (Å²) in [6.07, 6.45) is 0. The van der Waals surface area contributed by atoms with Crippen LogP contribution in [0.1, 0.15) is 4.88 Å². The molecule has 104 valence electrons. The molecule has 20 heavy (non-hydrogen) atoms. The fourth-order valence-corrected chi connectivity index (χ4v) is 3.53. The van der Waals surface area contributed by atoms with Crippen molar-refractivity contribution in [3.05, 3.63) is 38.7 Å². The fourth-order valence-electron chi connectivity index (χ4n) is 2.06. The molecule has 4 nitrogen and oxygen atoms in total. The molecule has 0 unspecified atom stereocenters. The molecule has 2 aromatic heterocycles. The highest BCUT2D eigenvalue weighted by molar-refractivity contribution is 9.11. The van der Waals surface area contributed by atoms with E-state index in [0.29, 0.717) is 18.0 Å². The van der Waals surface area contributed by atoms with E-state index in [1.54, 1.807) is 17.4 Å². The van der Waals surface area contributed by atoms with Crippen LogP contribution in [0.3, 0.4) is 0 Å². The smallest absolute Gasteiger partial charge is 0.201 e. The zero-order valence-corrected chi connectivity index (χ0v) is 13.0. The van der Waals surface area contributed by atoms with E-state index in [-0.39, 0.29) is 5.75 Å². The minimum atomic E-state index is -0.441. The topological polar surface area (TPSA) is 53.1 Å². The molecule has 1 aromatic carbocycles. The van der Waals surface area contributed by atoms with E-state index in [1.807, 2.05) is 16.7 Å². The van der Waals surface area contributed by atoms with Gasteiger partial charge in [-0.1, -0.05) is 0 Å². The van der Waals surface area contributed by atoms with Gasteiger partial charge in [-0.25, -0.2) is 9.37 Å². The van der Waals surface area contributed by atoms with Crippen LogP contribution in [0.2, 0.25) is 0 Å². The fraction of sp³-hybridized carbons (Fsp3) is 0.154. The number of anilines is 1. The molecule has 3 aromatic rings. The van der Waals surface area contributed by atoms with Crippen molar-refractivity contribution in [1.82, 2.24) is 9.55 Å². The molecule has 0 radical (unpaired) electrons. The van der Waals surface area contributed by atoms with Gasteiger partial charge in [-0.15, -0.1) is 11.3 Å². The average molecular weight is 356 g/mol. The SMILES string of the molecule is COc1cc2c(cc1F)nc(N)n2Cc1ccc(Br)s1. The van der Waals surface area contributed by atoms with E-state index in [1.165, 1.54) is 13.2 Å². The monoisotopic (exact) mass is 355 g/mol. The summed E-state index contributed by atoms with van der Waals surface area (Å²) < 4.78 is 21.6. The number of halogens is 2. The number of ether oxygens (including phenoxy) is 1. The van der Waals surface area contributed by atoms with Gasteiger partial charge in [0.1, 0.15) is 0 Å². The molecular weight excluding hydrogens is 345 g/mol. The van der Waals surface area contributed by atoms with Gasteiger partial charge in [-0.3, -0.25) is 0 Å². The van der Waals surface area contributed by atoms with Crippen molar-refractivity contribution in [1.29, 1.82) is 0 Å². The Hall–Kier alpha value is -1.60. The molecule has 7 heteroatoms. The number of benzene rings is 1. The summed E-state index contributed by atoms with van der Waals surface area (Å²) in [5.74, 6) is 0.103. The second-order valence-corrected chi connectivity index (χ2v) is 6.79. The standard InChI is InChI=1S/C13H11BrFN3OS/c1-19-11-5-10-9(4-8(11)15)17-13(16)18(10)6-7-2-3-12(14)20-7/h2-5H,6H2,1H3,(H2,16,17). The molecule has 0 saturated heterocycles. The van der Waals surface area contributed by atoms with Crippen LogP contribution < -0.4 is 10.5 Å². The molecule has 3 rings (SSSR count). The number of methoxy groups -OCH3 is 1. The highest BCUT2D eigenvalue weighted by Gasteiger charge is 2.13. The molecular formula is C13H11BrFN3OS. The number of aromatic nitrogens is 2. The third-order valence-corrected chi connectivity index (χ3v) is 4.60. The van der Waals surface area contributed by atoms with Gasteiger partial charge in [0.05, 0.1) is 28.5 Å². The van der Waals surface area contributed by atoms with E-state index in [9.17, 15) is 4.39 Å². The van der Waals surface area contributed by atoms with E-state index in [2.05, 4.69) is 20.9 Å². The van der Waals surface area contributed by atoms with E-state index >= 15 is 0 Å². The maximum Gasteiger partial charge on any atom is 0.201 e. The number of rotatable bonds is 3. The molecule has 0 bridgehead atoms. The van der Waals surface area contributed by atoms with Crippen molar-refractivity contribution in [2.45, 2.75) is 6.54 Å². The summed E-state index contributed by atoms with van der Waals surface area (Å²) in [4.78, 5) is 5.32. The molecule has 0 amide bonds. The lowest BCUT2D eigenvalue weighted by Crippen LogP contribution is -2.03. The third kappa shape index (κ3) is 2.27. The van der Waals surface area contributed by atoms with Crippen LogP contribution in [-0.2, 0) is 6.54 Å². The van der Waals surface area contributed by atoms with Gasteiger partial charge in [0.15, 0.2) is 11.6 Å². The summed E-state index contributed by atoms with van der Waals surface area (Å²) in [5, 5.41) is 0. The first-order chi connectivity index (χ1) is 9.58. The predicted octanol–water partition coefficient (Wildman–Crippen LogP) is 3.64. The quantitative estimate of drug-likeness (QED) is 0.780. The van der Waals surface area contributed by atoms with Gasteiger partial charge in [0, 0.05) is 17.0 Å². The first kappa shape index (κ1) is 13.4. The summed E-state index contributed by atoms with van der Waals surface area (Å²) in [5.41, 5.74) is 7.21. The molecule has 0 saturated carbocycles. The lowest BCUT2D eigenvalue weighted by molar-refractivity contribution is 0.387. The summed E-state index contributed by atoms with van der Waals surface area (Å²) >= 11 is 5.05. The van der Waals surface area contributed by atoms with Gasteiger partial charge in [-0.2, -0.15) is 0 Å². The first-order valence-corrected chi connectivity index (χ1v) is 7.43. The van der Waals surface area contributed by atoms with Crippen molar-refractivity contribution < 1.29 is 9.13 Å². The van der Waals surface area contributed by atoms with Crippen molar-refractivity contribution in [3.8, 4) is 5.75 Å². The predicted molar refractivity (Wildman–Crippen MR) is 81.8 cm³/mol. The van der Waals surface area contributed by atoms with Crippen LogP contribution in [0.4, 0.5) is 10.3 Å². The molecule has 0 aliphatic heterocycles. The Morgan fingerprint density at radius 2 is 2.25 bits per heavy atom. The molecule has 2 N–H and O–H groups in total. The second-order valence-electron chi connectivity index (χ2n) is 4.24. The number of fused-ring (bicyclic) bond motifs is 1. The molecule has 0 atom stereocenters. The highest BCUT2D eigenvalue weighted by Crippen LogP contribution is 2.29. The van der Waals surface area contributed by atoms with Gasteiger partial charge >= 0.3 is 0 Å². The largest absolute Gasteiger partial charge is 0.494 e. The summed E-state index contributed by atoms with van der Waals surface area (Å²) in [6.45, 7) is 0.591. The number of nitrogen functional groups attached to an aromatic ring is 1. The Morgan fingerprint density at radius 1 is 1.45 bits per heavy atom. The van der Waals surface area contributed by atoms with E-state index < -0.39 is 5.82 Å². The molecule has 0 spiro atoms. The number of imidazole rings is 1. The molecule has 0 aliphatic rings. The normalized spacial score (nSPS) is 11.2. The van der Waals surface area contributed by atoms with Gasteiger partial charge < -0.3 is 15.0 Å². The minimum Gasteiger partial charge on any atom is -0.494 e. The lowest BCUT2D eigenvalue weighted by atomic mass is 10.3. The molecule has 2 heterocycles. The zero-order chi connectivity index (χ0) is 14.3. The Labute approximate surface area is 127 Å². The van der Waals surface area contributed by atoms with Crippen molar-refractivity contribution >= 4 is 44.2 Å². The van der Waals surface area contributed by atoms with Crippen LogP contribution >= 0.6 is 27.3 Å². The Morgan fingerprint density at radius 3 is 2.90 bits per heavy atom. The maximum absolute atomic E-state index is 13.7. The number of hydrogen-bond donors (Lipinski definition) is 1. The average Bonchev–Trinajstić information content (AvgIpc) is 2.94. The summed E-state index contributed by atoms with van der Waals surface area (Å²) in [7, 11) is 1.44. The van der Waals surface area contributed by atoms with Crippen molar-refractivity contribution in [2.24, 2.45) is 0 Å². The van der Waals surface area contributed by atoms with Crippen molar-refractivity contribution in [3.63, 3.8) is 0 Å². The molecule has 0 fully saturated rings.